The van der Waals surface area contributed by atoms with Gasteiger partial charge in [-0.15, -0.1) is 0 Å². The van der Waals surface area contributed by atoms with Gasteiger partial charge < -0.3 is 15.3 Å². The Hall–Kier alpha value is -0.610. The van der Waals surface area contributed by atoms with E-state index in [1.165, 1.54) is 25.7 Å². The van der Waals surface area contributed by atoms with Crippen molar-refractivity contribution >= 4 is 5.97 Å². The molecule has 4 fully saturated rings. The maximum atomic E-state index is 11.4. The van der Waals surface area contributed by atoms with Crippen LogP contribution in [0.15, 0.2) is 0 Å². The molecule has 0 bridgehead atoms. The Bertz CT molecular complexity index is 649. The lowest BCUT2D eigenvalue weighted by Gasteiger charge is -2.64. The van der Waals surface area contributed by atoms with Crippen molar-refractivity contribution in [3.8, 4) is 0 Å². The molecule has 11 atom stereocenters. The number of aliphatic hydroxyl groups excluding tert-OH is 2. The van der Waals surface area contributed by atoms with Gasteiger partial charge in [-0.25, -0.2) is 0 Å². The summed E-state index contributed by atoms with van der Waals surface area (Å²) in [6.45, 7) is 9.52. The van der Waals surface area contributed by atoms with E-state index >= 15 is 0 Å². The Morgan fingerprint density at radius 1 is 1.07 bits per heavy atom. The fourth-order valence-corrected chi connectivity index (χ4v) is 9.59. The SMILES string of the molecule is CCC1C[C@H](O)CC2C[C@H](O)[C@@H]3[C@H](CC[C@]4(C)[C@@H]([C@H](C)CCC(=O)O)CC[C@@H]34)[C@@]12C. The number of aliphatic carboxylic acids is 1. The van der Waals surface area contributed by atoms with Crippen LogP contribution in [0.5, 0.6) is 0 Å². The summed E-state index contributed by atoms with van der Waals surface area (Å²) in [7, 11) is 0. The van der Waals surface area contributed by atoms with E-state index in [-0.39, 0.29) is 29.5 Å². The van der Waals surface area contributed by atoms with Crippen molar-refractivity contribution in [1.29, 1.82) is 0 Å². The Labute approximate surface area is 182 Å². The molecule has 2 unspecified atom stereocenters. The van der Waals surface area contributed by atoms with E-state index in [1.807, 2.05) is 0 Å². The third-order valence-corrected chi connectivity index (χ3v) is 11.0. The van der Waals surface area contributed by atoms with E-state index in [1.54, 1.807) is 0 Å². The van der Waals surface area contributed by atoms with Crippen LogP contribution in [0.4, 0.5) is 0 Å². The zero-order chi connectivity index (χ0) is 21.8. The van der Waals surface area contributed by atoms with Gasteiger partial charge in [0.25, 0.3) is 0 Å². The van der Waals surface area contributed by atoms with Gasteiger partial charge in [0.15, 0.2) is 0 Å². The lowest BCUT2D eigenvalue weighted by Crippen LogP contribution is -2.61. The average molecular weight is 421 g/mol. The van der Waals surface area contributed by atoms with Gasteiger partial charge in [-0.3, -0.25) is 4.79 Å². The molecule has 4 saturated carbocycles. The summed E-state index contributed by atoms with van der Waals surface area (Å²) in [6.07, 6.45) is 9.17. The van der Waals surface area contributed by atoms with Crippen LogP contribution in [-0.2, 0) is 4.79 Å². The fraction of sp³-hybridized carbons (Fsp3) is 0.962. The summed E-state index contributed by atoms with van der Waals surface area (Å²) in [5, 5.41) is 31.1. The molecular formula is C26H44O4. The predicted octanol–water partition coefficient (Wildman–Crippen LogP) is 5.11. The molecule has 0 radical (unpaired) electrons. The first-order chi connectivity index (χ1) is 14.1. The Kier molecular flexibility index (Phi) is 6.07. The van der Waals surface area contributed by atoms with Gasteiger partial charge in [-0.2, -0.15) is 0 Å². The van der Waals surface area contributed by atoms with E-state index in [0.29, 0.717) is 41.4 Å². The summed E-state index contributed by atoms with van der Waals surface area (Å²) in [4.78, 5) is 11.1. The van der Waals surface area contributed by atoms with Gasteiger partial charge >= 0.3 is 5.97 Å². The van der Waals surface area contributed by atoms with Crippen LogP contribution in [0.3, 0.4) is 0 Å². The maximum absolute atomic E-state index is 11.4. The molecule has 0 aromatic carbocycles. The molecule has 30 heavy (non-hydrogen) atoms. The third-order valence-electron chi connectivity index (χ3n) is 11.0. The van der Waals surface area contributed by atoms with Gasteiger partial charge in [0.05, 0.1) is 12.2 Å². The average Bonchev–Trinajstić information content (AvgIpc) is 3.04. The largest absolute Gasteiger partial charge is 0.481 e. The first kappa shape index (κ1) is 22.6. The smallest absolute Gasteiger partial charge is 0.303 e. The van der Waals surface area contributed by atoms with Gasteiger partial charge in [0.1, 0.15) is 0 Å². The van der Waals surface area contributed by atoms with Crippen LogP contribution in [-0.4, -0.2) is 33.5 Å². The third kappa shape index (κ3) is 3.36. The zero-order valence-corrected chi connectivity index (χ0v) is 19.5. The number of fused-ring (bicyclic) bond motifs is 5. The summed E-state index contributed by atoms with van der Waals surface area (Å²) >= 11 is 0. The van der Waals surface area contributed by atoms with Crippen molar-refractivity contribution in [3.05, 3.63) is 0 Å². The highest BCUT2D eigenvalue weighted by molar-refractivity contribution is 5.66. The summed E-state index contributed by atoms with van der Waals surface area (Å²) < 4.78 is 0. The second-order valence-corrected chi connectivity index (χ2v) is 12.0. The van der Waals surface area contributed by atoms with Gasteiger partial charge in [0.2, 0.25) is 0 Å². The van der Waals surface area contributed by atoms with Crippen LogP contribution in [0.1, 0.15) is 91.9 Å². The van der Waals surface area contributed by atoms with Crippen LogP contribution in [0, 0.1) is 52.3 Å². The van der Waals surface area contributed by atoms with Crippen molar-refractivity contribution in [2.45, 2.75) is 104 Å². The Balaban J connectivity index is 1.60. The van der Waals surface area contributed by atoms with Gasteiger partial charge in [-0.1, -0.05) is 34.1 Å². The highest BCUT2D eigenvalue weighted by atomic mass is 16.4. The molecule has 4 heteroatoms. The molecule has 0 amide bonds. The first-order valence-corrected chi connectivity index (χ1v) is 12.7. The van der Waals surface area contributed by atoms with Crippen molar-refractivity contribution in [2.75, 3.05) is 0 Å². The van der Waals surface area contributed by atoms with Crippen molar-refractivity contribution in [2.24, 2.45) is 52.3 Å². The topological polar surface area (TPSA) is 77.8 Å². The minimum atomic E-state index is -0.683. The lowest BCUT2D eigenvalue weighted by molar-refractivity contribution is -0.195. The Morgan fingerprint density at radius 2 is 1.80 bits per heavy atom. The monoisotopic (exact) mass is 420 g/mol. The molecule has 4 aliphatic rings. The summed E-state index contributed by atoms with van der Waals surface area (Å²) in [5.41, 5.74) is 0.478. The minimum absolute atomic E-state index is 0.198. The number of hydrogen-bond donors (Lipinski definition) is 3. The molecule has 3 N–H and O–H groups in total. The molecule has 4 nitrogen and oxygen atoms in total. The number of aliphatic hydroxyl groups is 2. The molecule has 0 aromatic heterocycles. The van der Waals surface area contributed by atoms with Crippen molar-refractivity contribution in [1.82, 2.24) is 0 Å². The normalized spacial score (nSPS) is 51.5. The van der Waals surface area contributed by atoms with Gasteiger partial charge in [-0.05, 0) is 104 Å². The van der Waals surface area contributed by atoms with E-state index in [9.17, 15) is 15.0 Å². The molecular weight excluding hydrogens is 376 g/mol. The second-order valence-electron chi connectivity index (χ2n) is 12.0. The van der Waals surface area contributed by atoms with E-state index in [4.69, 9.17) is 5.11 Å². The highest BCUT2D eigenvalue weighted by Crippen LogP contribution is 2.69. The molecule has 0 saturated heterocycles. The highest BCUT2D eigenvalue weighted by Gasteiger charge is 2.64. The first-order valence-electron chi connectivity index (χ1n) is 12.7. The standard InChI is InChI=1S/C26H44O4/c1-5-16-12-18(27)13-17-14-22(28)24-20-8-7-19(15(2)6-9-23(29)30)25(20,3)11-10-21(24)26(16,17)4/h15-22,24,27-28H,5-14H2,1-4H3,(H,29,30)/t15-,16?,17?,18+,19-,20+,21+,22+,24+,25-,26+/m1/s1. The molecule has 172 valence electrons. The number of carboxylic acids is 1. The lowest BCUT2D eigenvalue weighted by atomic mass is 9.41. The molecule has 0 aliphatic heterocycles. The van der Waals surface area contributed by atoms with Crippen molar-refractivity contribution in [3.63, 3.8) is 0 Å². The molecule has 4 rings (SSSR count). The van der Waals surface area contributed by atoms with E-state index in [0.717, 1.165) is 32.1 Å². The fourth-order valence-electron chi connectivity index (χ4n) is 9.59. The van der Waals surface area contributed by atoms with Crippen LogP contribution in [0.2, 0.25) is 0 Å². The van der Waals surface area contributed by atoms with Gasteiger partial charge in [0, 0.05) is 6.42 Å². The predicted molar refractivity (Wildman–Crippen MR) is 118 cm³/mol. The van der Waals surface area contributed by atoms with Crippen molar-refractivity contribution < 1.29 is 20.1 Å². The molecule has 0 spiro atoms. The number of carbonyl (C=O) groups is 1. The van der Waals surface area contributed by atoms with Crippen LogP contribution < -0.4 is 0 Å². The molecule has 4 aliphatic carbocycles. The molecule has 0 heterocycles. The summed E-state index contributed by atoms with van der Waals surface area (Å²) in [5.74, 6) is 2.84. The quantitative estimate of drug-likeness (QED) is 0.577. The maximum Gasteiger partial charge on any atom is 0.303 e. The number of rotatable bonds is 5. The zero-order valence-electron chi connectivity index (χ0n) is 19.5. The minimum Gasteiger partial charge on any atom is -0.481 e. The number of carboxylic acid groups (broad SMARTS) is 1. The van der Waals surface area contributed by atoms with Crippen LogP contribution in [0.25, 0.3) is 0 Å². The van der Waals surface area contributed by atoms with E-state index in [2.05, 4.69) is 27.7 Å². The Morgan fingerprint density at radius 3 is 2.47 bits per heavy atom. The number of hydrogen-bond acceptors (Lipinski definition) is 3. The van der Waals surface area contributed by atoms with Crippen LogP contribution >= 0.6 is 0 Å². The summed E-state index contributed by atoms with van der Waals surface area (Å²) in [6, 6.07) is 0. The molecule has 0 aromatic rings. The van der Waals surface area contributed by atoms with E-state index < -0.39 is 5.97 Å². The second kappa shape index (κ2) is 8.06.